The van der Waals surface area contributed by atoms with Crippen LogP contribution < -0.4 is 5.32 Å². The van der Waals surface area contributed by atoms with Gasteiger partial charge in [0.15, 0.2) is 0 Å². The number of piperidine rings is 1. The Labute approximate surface area is 120 Å². The third-order valence-electron chi connectivity index (χ3n) is 3.74. The summed E-state index contributed by atoms with van der Waals surface area (Å²) in [5, 5.41) is 2.98. The number of nitrogens with one attached hydrogen (secondary N) is 1. The van der Waals surface area contributed by atoms with E-state index in [0.717, 1.165) is 51.0 Å². The van der Waals surface area contributed by atoms with Crippen LogP contribution >= 0.6 is 0 Å². The first-order valence-corrected chi connectivity index (χ1v) is 7.43. The van der Waals surface area contributed by atoms with Gasteiger partial charge in [0.2, 0.25) is 5.91 Å². The second kappa shape index (κ2) is 7.39. The van der Waals surface area contributed by atoms with Crippen LogP contribution in [0, 0.1) is 11.7 Å². The molecule has 0 spiro atoms. The molecule has 1 heterocycles. The maximum absolute atomic E-state index is 12.9. The summed E-state index contributed by atoms with van der Waals surface area (Å²) in [6, 6.07) is 6.61. The molecular formula is C16H23FN2O. The zero-order chi connectivity index (χ0) is 14.4. The van der Waals surface area contributed by atoms with Gasteiger partial charge in [-0.2, -0.15) is 0 Å². The van der Waals surface area contributed by atoms with Gasteiger partial charge in [-0.05, 0) is 43.5 Å². The Morgan fingerprint density at radius 2 is 2.15 bits per heavy atom. The van der Waals surface area contributed by atoms with Gasteiger partial charge >= 0.3 is 0 Å². The number of carbonyl (C=O) groups excluding carboxylic acids is 1. The lowest BCUT2D eigenvalue weighted by atomic mass is 9.96. The Morgan fingerprint density at radius 3 is 2.85 bits per heavy atom. The number of carbonyl (C=O) groups is 1. The fourth-order valence-corrected chi connectivity index (χ4v) is 2.65. The standard InChI is InChI=1S/C16H23FN2O/c1-2-9-18-16(20)14-4-3-10-19(12-14)11-13-5-7-15(17)8-6-13/h5-8,14H,2-4,9-12H2,1H3,(H,18,20). The smallest absolute Gasteiger partial charge is 0.224 e. The summed E-state index contributed by atoms with van der Waals surface area (Å²) >= 11 is 0. The van der Waals surface area contributed by atoms with Crippen molar-refractivity contribution in [1.29, 1.82) is 0 Å². The van der Waals surface area contributed by atoms with E-state index in [1.54, 1.807) is 0 Å². The van der Waals surface area contributed by atoms with Crippen molar-refractivity contribution in [3.63, 3.8) is 0 Å². The highest BCUT2D eigenvalue weighted by Gasteiger charge is 2.25. The topological polar surface area (TPSA) is 32.3 Å². The van der Waals surface area contributed by atoms with Crippen LogP contribution in [-0.2, 0) is 11.3 Å². The zero-order valence-corrected chi connectivity index (χ0v) is 12.1. The Balaban J connectivity index is 1.86. The summed E-state index contributed by atoms with van der Waals surface area (Å²) < 4.78 is 12.9. The lowest BCUT2D eigenvalue weighted by Crippen LogP contribution is -2.42. The van der Waals surface area contributed by atoms with Gasteiger partial charge in [0.05, 0.1) is 5.92 Å². The molecule has 1 unspecified atom stereocenters. The van der Waals surface area contributed by atoms with Gasteiger partial charge in [-0.3, -0.25) is 9.69 Å². The summed E-state index contributed by atoms with van der Waals surface area (Å²) in [4.78, 5) is 14.3. The van der Waals surface area contributed by atoms with Gasteiger partial charge in [-0.25, -0.2) is 4.39 Å². The molecule has 1 N–H and O–H groups in total. The van der Waals surface area contributed by atoms with E-state index in [4.69, 9.17) is 0 Å². The second-order valence-corrected chi connectivity index (χ2v) is 5.49. The summed E-state index contributed by atoms with van der Waals surface area (Å²) in [6.45, 7) is 5.41. The first-order valence-electron chi connectivity index (χ1n) is 7.43. The quantitative estimate of drug-likeness (QED) is 0.898. The third kappa shape index (κ3) is 4.30. The summed E-state index contributed by atoms with van der Waals surface area (Å²) in [5.41, 5.74) is 1.10. The number of rotatable bonds is 5. The normalized spacial score (nSPS) is 19.8. The van der Waals surface area contributed by atoms with Gasteiger partial charge < -0.3 is 5.32 Å². The first kappa shape index (κ1) is 15.0. The predicted molar refractivity (Wildman–Crippen MR) is 77.7 cm³/mol. The molecule has 1 saturated heterocycles. The Morgan fingerprint density at radius 1 is 1.40 bits per heavy atom. The van der Waals surface area contributed by atoms with Crippen LogP contribution in [0.15, 0.2) is 24.3 Å². The van der Waals surface area contributed by atoms with Crippen LogP contribution in [0.1, 0.15) is 31.7 Å². The molecule has 1 atom stereocenters. The van der Waals surface area contributed by atoms with Gasteiger partial charge in [0.1, 0.15) is 5.82 Å². The third-order valence-corrected chi connectivity index (χ3v) is 3.74. The van der Waals surface area contributed by atoms with Crippen LogP contribution in [-0.4, -0.2) is 30.4 Å². The fourth-order valence-electron chi connectivity index (χ4n) is 2.65. The minimum absolute atomic E-state index is 0.0933. The Hall–Kier alpha value is -1.42. The average Bonchev–Trinajstić information content (AvgIpc) is 2.47. The SMILES string of the molecule is CCCNC(=O)C1CCCN(Cc2ccc(F)cc2)C1. The zero-order valence-electron chi connectivity index (χ0n) is 12.1. The van der Waals surface area contributed by atoms with Gasteiger partial charge in [0, 0.05) is 19.6 Å². The minimum Gasteiger partial charge on any atom is -0.356 e. The molecule has 4 heteroatoms. The largest absolute Gasteiger partial charge is 0.356 e. The molecule has 1 aromatic rings. The molecular weight excluding hydrogens is 255 g/mol. The van der Waals surface area contributed by atoms with Gasteiger partial charge in [0.25, 0.3) is 0 Å². The molecule has 1 aliphatic heterocycles. The summed E-state index contributed by atoms with van der Waals surface area (Å²) in [5.74, 6) is 0.0654. The van der Waals surface area contributed by atoms with Gasteiger partial charge in [-0.1, -0.05) is 19.1 Å². The molecule has 0 radical (unpaired) electrons. The molecule has 0 aromatic heterocycles. The van der Waals surface area contributed by atoms with Crippen molar-refractivity contribution in [3.8, 4) is 0 Å². The van der Waals surface area contributed by atoms with E-state index in [9.17, 15) is 9.18 Å². The van der Waals surface area contributed by atoms with E-state index in [1.165, 1.54) is 12.1 Å². The molecule has 1 aromatic carbocycles. The average molecular weight is 278 g/mol. The first-order chi connectivity index (χ1) is 9.69. The maximum atomic E-state index is 12.9. The number of likely N-dealkylation sites (tertiary alicyclic amines) is 1. The number of hydrogen-bond acceptors (Lipinski definition) is 2. The molecule has 0 saturated carbocycles. The fraction of sp³-hybridized carbons (Fsp3) is 0.562. The monoisotopic (exact) mass is 278 g/mol. The summed E-state index contributed by atoms with van der Waals surface area (Å²) in [6.07, 6.45) is 2.98. The highest BCUT2D eigenvalue weighted by atomic mass is 19.1. The molecule has 1 amide bonds. The van der Waals surface area contributed by atoms with E-state index in [2.05, 4.69) is 17.1 Å². The maximum Gasteiger partial charge on any atom is 0.224 e. The van der Waals surface area contributed by atoms with E-state index in [1.807, 2.05) is 12.1 Å². The van der Waals surface area contributed by atoms with Crippen LogP contribution in [0.3, 0.4) is 0 Å². The van der Waals surface area contributed by atoms with Crippen LogP contribution in [0.5, 0.6) is 0 Å². The second-order valence-electron chi connectivity index (χ2n) is 5.49. The molecule has 0 bridgehead atoms. The molecule has 110 valence electrons. The lowest BCUT2D eigenvalue weighted by Gasteiger charge is -2.32. The highest BCUT2D eigenvalue weighted by molar-refractivity contribution is 5.78. The van der Waals surface area contributed by atoms with Crippen molar-refractivity contribution in [2.24, 2.45) is 5.92 Å². The van der Waals surface area contributed by atoms with Crippen molar-refractivity contribution >= 4 is 5.91 Å². The predicted octanol–water partition coefficient (Wildman–Crippen LogP) is 2.56. The summed E-state index contributed by atoms with van der Waals surface area (Å²) in [7, 11) is 0. The number of hydrogen-bond donors (Lipinski definition) is 1. The van der Waals surface area contributed by atoms with Crippen LogP contribution in [0.25, 0.3) is 0 Å². The highest BCUT2D eigenvalue weighted by Crippen LogP contribution is 2.19. The number of nitrogens with zero attached hydrogens (tertiary/aromatic N) is 1. The van der Waals surface area contributed by atoms with E-state index >= 15 is 0 Å². The molecule has 3 nitrogen and oxygen atoms in total. The molecule has 1 aliphatic rings. The van der Waals surface area contributed by atoms with Crippen molar-refractivity contribution in [1.82, 2.24) is 10.2 Å². The van der Waals surface area contributed by atoms with Crippen molar-refractivity contribution < 1.29 is 9.18 Å². The number of benzene rings is 1. The Kier molecular flexibility index (Phi) is 5.53. The molecule has 2 rings (SSSR count). The Bertz CT molecular complexity index is 433. The van der Waals surface area contributed by atoms with Gasteiger partial charge in [-0.15, -0.1) is 0 Å². The minimum atomic E-state index is -0.204. The van der Waals surface area contributed by atoms with Crippen LogP contribution in [0.4, 0.5) is 4.39 Å². The molecule has 0 aliphatic carbocycles. The van der Waals surface area contributed by atoms with E-state index < -0.39 is 0 Å². The lowest BCUT2D eigenvalue weighted by molar-refractivity contribution is -0.126. The number of amides is 1. The van der Waals surface area contributed by atoms with Crippen molar-refractivity contribution in [2.75, 3.05) is 19.6 Å². The molecule has 1 fully saturated rings. The van der Waals surface area contributed by atoms with Crippen molar-refractivity contribution in [2.45, 2.75) is 32.7 Å². The number of halogens is 1. The van der Waals surface area contributed by atoms with E-state index in [-0.39, 0.29) is 17.6 Å². The van der Waals surface area contributed by atoms with Crippen molar-refractivity contribution in [3.05, 3.63) is 35.6 Å². The van der Waals surface area contributed by atoms with E-state index in [0.29, 0.717) is 0 Å². The van der Waals surface area contributed by atoms with Crippen LogP contribution in [0.2, 0.25) is 0 Å². The molecule has 20 heavy (non-hydrogen) atoms.